The van der Waals surface area contributed by atoms with Gasteiger partial charge in [0.05, 0.1) is 13.2 Å². The minimum atomic E-state index is -0.724. The quantitative estimate of drug-likeness (QED) is 0.732. The van der Waals surface area contributed by atoms with E-state index < -0.39 is 5.54 Å². The molecule has 0 unspecified atom stereocenters. The van der Waals surface area contributed by atoms with Crippen LogP contribution in [0.5, 0.6) is 0 Å². The Balaban J connectivity index is 1.50. The molecule has 168 valence electrons. The predicted molar refractivity (Wildman–Crippen MR) is 118 cm³/mol. The summed E-state index contributed by atoms with van der Waals surface area (Å²) in [5.41, 5.74) is 5.76. The number of nitrogens with one attached hydrogen (secondary N) is 1. The first-order valence-electron chi connectivity index (χ1n) is 11.4. The van der Waals surface area contributed by atoms with E-state index in [4.69, 9.17) is 5.73 Å². The molecule has 2 aliphatic heterocycles. The topological polar surface area (TPSA) is 99.0 Å². The molecular weight excluding hydrogens is 394 g/mol. The number of hydrogen-bond donors (Lipinski definition) is 2. The van der Waals surface area contributed by atoms with Gasteiger partial charge < -0.3 is 25.8 Å². The second kappa shape index (κ2) is 9.26. The van der Waals surface area contributed by atoms with Crippen LogP contribution in [0.4, 0.5) is 5.69 Å². The van der Waals surface area contributed by atoms with Gasteiger partial charge >= 0.3 is 0 Å². The van der Waals surface area contributed by atoms with E-state index in [0.29, 0.717) is 32.6 Å². The summed E-state index contributed by atoms with van der Waals surface area (Å²) >= 11 is 0. The molecule has 2 saturated heterocycles. The van der Waals surface area contributed by atoms with E-state index in [1.165, 1.54) is 6.42 Å². The first kappa shape index (κ1) is 21.6. The molecule has 1 saturated carbocycles. The van der Waals surface area contributed by atoms with Crippen molar-refractivity contribution < 1.29 is 14.4 Å². The number of para-hydroxylation sites is 1. The molecule has 1 spiro atoms. The highest BCUT2D eigenvalue weighted by Crippen LogP contribution is 2.39. The number of nitrogens with zero attached hydrogens (tertiary/aromatic N) is 3. The zero-order valence-electron chi connectivity index (χ0n) is 18.1. The summed E-state index contributed by atoms with van der Waals surface area (Å²) in [6, 6.07) is 10.1. The van der Waals surface area contributed by atoms with Gasteiger partial charge in [-0.3, -0.25) is 14.4 Å². The smallest absolute Gasteiger partial charge is 0.250 e. The first-order chi connectivity index (χ1) is 15.0. The molecule has 1 aromatic rings. The summed E-state index contributed by atoms with van der Waals surface area (Å²) in [6.45, 7) is 1.43. The van der Waals surface area contributed by atoms with Crippen LogP contribution in [-0.4, -0.2) is 71.9 Å². The van der Waals surface area contributed by atoms with Crippen LogP contribution in [0.25, 0.3) is 0 Å². The highest BCUT2D eigenvalue weighted by Gasteiger charge is 2.54. The summed E-state index contributed by atoms with van der Waals surface area (Å²) in [5, 5.41) is 3.12. The summed E-state index contributed by atoms with van der Waals surface area (Å²) < 4.78 is 0. The highest BCUT2D eigenvalue weighted by atomic mass is 16.2. The Labute approximate surface area is 183 Å². The Hall–Kier alpha value is -2.61. The van der Waals surface area contributed by atoms with Crippen molar-refractivity contribution in [1.82, 2.24) is 15.1 Å². The van der Waals surface area contributed by atoms with E-state index in [0.717, 1.165) is 31.4 Å². The number of nitrogens with two attached hydrogens (primary N) is 1. The van der Waals surface area contributed by atoms with Crippen LogP contribution in [0.2, 0.25) is 0 Å². The van der Waals surface area contributed by atoms with Crippen LogP contribution in [-0.2, 0) is 14.4 Å². The zero-order chi connectivity index (χ0) is 21.8. The summed E-state index contributed by atoms with van der Waals surface area (Å²) in [7, 11) is 0. The Morgan fingerprint density at radius 1 is 1.06 bits per heavy atom. The third-order valence-electron chi connectivity index (χ3n) is 7.00. The van der Waals surface area contributed by atoms with Gasteiger partial charge in [-0.05, 0) is 37.8 Å². The van der Waals surface area contributed by atoms with Crippen molar-refractivity contribution in [3.63, 3.8) is 0 Å². The van der Waals surface area contributed by atoms with Crippen LogP contribution >= 0.6 is 0 Å². The van der Waals surface area contributed by atoms with Crippen LogP contribution < -0.4 is 16.0 Å². The third-order valence-corrected chi connectivity index (χ3v) is 7.00. The first-order valence-corrected chi connectivity index (χ1v) is 11.4. The largest absolute Gasteiger partial charge is 0.352 e. The molecule has 31 heavy (non-hydrogen) atoms. The molecule has 1 aliphatic carbocycles. The van der Waals surface area contributed by atoms with Crippen molar-refractivity contribution in [1.29, 1.82) is 0 Å². The van der Waals surface area contributed by atoms with Crippen LogP contribution in [0.3, 0.4) is 0 Å². The minimum absolute atomic E-state index is 0.0171. The Morgan fingerprint density at radius 2 is 1.74 bits per heavy atom. The van der Waals surface area contributed by atoms with E-state index in [1.807, 2.05) is 30.3 Å². The lowest BCUT2D eigenvalue weighted by molar-refractivity contribution is -0.139. The molecule has 2 heterocycles. The molecule has 0 radical (unpaired) electrons. The lowest BCUT2D eigenvalue weighted by Gasteiger charge is -2.43. The Kier molecular flexibility index (Phi) is 6.46. The molecule has 3 fully saturated rings. The lowest BCUT2D eigenvalue weighted by Crippen LogP contribution is -2.58. The van der Waals surface area contributed by atoms with E-state index in [2.05, 4.69) is 10.2 Å². The van der Waals surface area contributed by atoms with Gasteiger partial charge in [0, 0.05) is 24.8 Å². The van der Waals surface area contributed by atoms with Gasteiger partial charge in [-0.25, -0.2) is 0 Å². The molecule has 3 N–H and O–H groups in total. The van der Waals surface area contributed by atoms with Crippen LogP contribution in [0.15, 0.2) is 30.3 Å². The fraction of sp³-hybridized carbons (Fsp3) is 0.609. The maximum Gasteiger partial charge on any atom is 0.250 e. The average Bonchev–Trinajstić information content (AvgIpc) is 3.06. The number of anilines is 1. The van der Waals surface area contributed by atoms with Gasteiger partial charge in [-0.15, -0.1) is 0 Å². The van der Waals surface area contributed by atoms with Crippen molar-refractivity contribution in [3.05, 3.63) is 30.3 Å². The second-order valence-corrected chi connectivity index (χ2v) is 8.93. The molecule has 8 nitrogen and oxygen atoms in total. The minimum Gasteiger partial charge on any atom is -0.352 e. The predicted octanol–water partition coefficient (Wildman–Crippen LogP) is 1.06. The molecule has 4 rings (SSSR count). The number of hydrogen-bond acceptors (Lipinski definition) is 5. The number of carbonyl (C=O) groups is 3. The lowest BCUT2D eigenvalue weighted by atomic mass is 9.85. The van der Waals surface area contributed by atoms with E-state index in [9.17, 15) is 14.4 Å². The Bertz CT molecular complexity index is 801. The standard InChI is InChI=1S/C23H33N5O3/c24-15-21(30)26-13-11-23(12-14-26)22(31)27(17-28(23)19-9-5-2-6-10-19)16-20(29)25-18-7-3-1-4-8-18/h2,5-6,9-10,18H,1,3-4,7-8,11-17,24H2,(H,25,29). The van der Waals surface area contributed by atoms with Gasteiger partial charge in [-0.2, -0.15) is 0 Å². The molecule has 3 amide bonds. The Morgan fingerprint density at radius 3 is 2.39 bits per heavy atom. The van der Waals surface area contributed by atoms with Crippen molar-refractivity contribution in [2.45, 2.75) is 56.5 Å². The number of carbonyl (C=O) groups excluding carboxylic acids is 3. The third kappa shape index (κ3) is 4.39. The molecule has 0 aromatic heterocycles. The van der Waals surface area contributed by atoms with Crippen LogP contribution in [0, 0.1) is 0 Å². The summed E-state index contributed by atoms with van der Waals surface area (Å²) in [5.74, 6) is -0.189. The maximum absolute atomic E-state index is 13.6. The van der Waals surface area contributed by atoms with Gasteiger partial charge in [0.25, 0.3) is 5.91 Å². The summed E-state index contributed by atoms with van der Waals surface area (Å²) in [6.07, 6.45) is 6.64. The molecular formula is C23H33N5O3. The van der Waals surface area contributed by atoms with Gasteiger partial charge in [0.1, 0.15) is 12.1 Å². The monoisotopic (exact) mass is 427 g/mol. The molecule has 8 heteroatoms. The number of benzene rings is 1. The summed E-state index contributed by atoms with van der Waals surface area (Å²) in [4.78, 5) is 43.9. The highest BCUT2D eigenvalue weighted by molar-refractivity contribution is 5.96. The van der Waals surface area contributed by atoms with Crippen LogP contribution in [0.1, 0.15) is 44.9 Å². The van der Waals surface area contributed by atoms with Gasteiger partial charge in [0.15, 0.2) is 0 Å². The van der Waals surface area contributed by atoms with Crippen molar-refractivity contribution in [2.75, 3.05) is 37.7 Å². The normalized spacial score (nSPS) is 21.6. The number of rotatable bonds is 5. The fourth-order valence-corrected chi connectivity index (χ4v) is 5.27. The van der Waals surface area contributed by atoms with Crippen molar-refractivity contribution in [3.8, 4) is 0 Å². The molecule has 0 atom stereocenters. The van der Waals surface area contributed by atoms with E-state index >= 15 is 0 Å². The van der Waals surface area contributed by atoms with E-state index in [-0.39, 0.29) is 36.9 Å². The number of amides is 3. The zero-order valence-corrected chi connectivity index (χ0v) is 18.1. The fourth-order valence-electron chi connectivity index (χ4n) is 5.27. The average molecular weight is 428 g/mol. The SMILES string of the molecule is NCC(=O)N1CCC2(CC1)C(=O)N(CC(=O)NC1CCCCC1)CN2c1ccccc1. The van der Waals surface area contributed by atoms with Crippen molar-refractivity contribution >= 4 is 23.4 Å². The molecule has 1 aromatic carbocycles. The van der Waals surface area contributed by atoms with Gasteiger partial charge in [0.2, 0.25) is 11.8 Å². The molecule has 0 bridgehead atoms. The number of piperidine rings is 1. The van der Waals surface area contributed by atoms with Gasteiger partial charge in [-0.1, -0.05) is 37.5 Å². The maximum atomic E-state index is 13.6. The number of likely N-dealkylation sites (tertiary alicyclic amines) is 1. The molecule has 3 aliphatic rings. The second-order valence-electron chi connectivity index (χ2n) is 8.93. The van der Waals surface area contributed by atoms with Crippen molar-refractivity contribution in [2.24, 2.45) is 5.73 Å². The van der Waals surface area contributed by atoms with E-state index in [1.54, 1.807) is 9.80 Å².